The van der Waals surface area contributed by atoms with Crippen molar-refractivity contribution in [3.05, 3.63) is 59.2 Å². The summed E-state index contributed by atoms with van der Waals surface area (Å²) in [5.41, 5.74) is 10.3. The van der Waals surface area contributed by atoms with E-state index in [9.17, 15) is 0 Å². The Kier molecular flexibility index (Phi) is 5.33. The summed E-state index contributed by atoms with van der Waals surface area (Å²) in [6.45, 7) is 0. The fraction of sp³-hybridized carbons (Fsp3) is 0.333. The van der Waals surface area contributed by atoms with Crippen LogP contribution in [0.25, 0.3) is 0 Å². The van der Waals surface area contributed by atoms with Gasteiger partial charge in [0.05, 0.1) is 14.2 Å². The van der Waals surface area contributed by atoms with Crippen LogP contribution in [0.15, 0.2) is 42.5 Å². The molecule has 3 nitrogen and oxygen atoms in total. The molecule has 2 N–H and O–H groups in total. The third kappa shape index (κ3) is 3.06. The molecule has 22 heavy (non-hydrogen) atoms. The maximum absolute atomic E-state index is 6.46. The molecule has 0 aliphatic heterocycles. The minimum Gasteiger partial charge on any atom is -0.493 e. The third-order valence-corrected chi connectivity index (χ3v) is 4.34. The van der Waals surface area contributed by atoms with Crippen LogP contribution in [0.2, 0.25) is 0 Å². The molecule has 0 heterocycles. The number of rotatable bonds is 4. The van der Waals surface area contributed by atoms with Crippen LogP contribution in [0.1, 0.15) is 22.7 Å². The highest BCUT2D eigenvalue weighted by atomic mass is 35.5. The van der Waals surface area contributed by atoms with Gasteiger partial charge in [-0.1, -0.05) is 30.3 Å². The number of methoxy groups -OCH3 is 2. The van der Waals surface area contributed by atoms with Gasteiger partial charge < -0.3 is 15.2 Å². The van der Waals surface area contributed by atoms with E-state index < -0.39 is 0 Å². The molecule has 0 bridgehead atoms. The lowest BCUT2D eigenvalue weighted by molar-refractivity contribution is 0.354. The zero-order chi connectivity index (χ0) is 14.8. The molecule has 0 amide bonds. The van der Waals surface area contributed by atoms with Crippen LogP contribution in [0, 0.1) is 5.92 Å². The minimum atomic E-state index is 0. The lowest BCUT2D eigenvalue weighted by Gasteiger charge is -2.16. The Balaban J connectivity index is 0.00000176. The van der Waals surface area contributed by atoms with Crippen molar-refractivity contribution in [2.45, 2.75) is 18.9 Å². The summed E-state index contributed by atoms with van der Waals surface area (Å²) in [5.74, 6) is 1.97. The second-order valence-corrected chi connectivity index (χ2v) is 5.59. The average molecular weight is 320 g/mol. The van der Waals surface area contributed by atoms with E-state index in [0.29, 0.717) is 5.92 Å². The van der Waals surface area contributed by atoms with E-state index in [-0.39, 0.29) is 18.4 Å². The van der Waals surface area contributed by atoms with Crippen molar-refractivity contribution in [3.63, 3.8) is 0 Å². The molecule has 0 spiro atoms. The molecule has 4 heteroatoms. The van der Waals surface area contributed by atoms with Crippen molar-refractivity contribution in [3.8, 4) is 11.5 Å². The molecule has 0 saturated heterocycles. The topological polar surface area (TPSA) is 44.5 Å². The molecule has 0 fully saturated rings. The molecule has 2 aromatic carbocycles. The van der Waals surface area contributed by atoms with E-state index >= 15 is 0 Å². The van der Waals surface area contributed by atoms with E-state index in [4.69, 9.17) is 15.2 Å². The number of nitrogens with two attached hydrogens (primary N) is 1. The lowest BCUT2D eigenvalue weighted by Crippen LogP contribution is -2.18. The number of hydrogen-bond acceptors (Lipinski definition) is 3. The van der Waals surface area contributed by atoms with E-state index in [0.717, 1.165) is 24.3 Å². The van der Waals surface area contributed by atoms with Crippen LogP contribution in [0.3, 0.4) is 0 Å². The second kappa shape index (κ2) is 7.03. The molecular formula is C18H22ClNO2. The summed E-state index contributed by atoms with van der Waals surface area (Å²) < 4.78 is 10.8. The number of hydrogen-bond donors (Lipinski definition) is 1. The van der Waals surface area contributed by atoms with Gasteiger partial charge in [-0.25, -0.2) is 0 Å². The molecule has 3 rings (SSSR count). The predicted molar refractivity (Wildman–Crippen MR) is 91.1 cm³/mol. The van der Waals surface area contributed by atoms with Crippen molar-refractivity contribution in [2.24, 2.45) is 11.7 Å². The number of ether oxygens (including phenoxy) is 2. The zero-order valence-corrected chi connectivity index (χ0v) is 13.7. The van der Waals surface area contributed by atoms with Crippen molar-refractivity contribution in [1.82, 2.24) is 0 Å². The van der Waals surface area contributed by atoms with Gasteiger partial charge >= 0.3 is 0 Å². The lowest BCUT2D eigenvalue weighted by atomic mass is 9.93. The van der Waals surface area contributed by atoms with Gasteiger partial charge in [-0.15, -0.1) is 12.4 Å². The Bertz CT molecular complexity index is 630. The van der Waals surface area contributed by atoms with Crippen LogP contribution in [-0.2, 0) is 12.8 Å². The van der Waals surface area contributed by atoms with Crippen LogP contribution in [-0.4, -0.2) is 14.2 Å². The molecule has 2 atom stereocenters. The molecular weight excluding hydrogens is 298 g/mol. The monoisotopic (exact) mass is 319 g/mol. The maximum Gasteiger partial charge on any atom is 0.161 e. The summed E-state index contributed by atoms with van der Waals surface area (Å²) in [5, 5.41) is 0. The largest absolute Gasteiger partial charge is 0.493 e. The Hall–Kier alpha value is -1.71. The first-order valence-electron chi connectivity index (χ1n) is 7.27. The van der Waals surface area contributed by atoms with Crippen molar-refractivity contribution >= 4 is 12.4 Å². The van der Waals surface area contributed by atoms with Gasteiger partial charge in [-0.3, -0.25) is 0 Å². The van der Waals surface area contributed by atoms with Crippen LogP contribution in [0.4, 0.5) is 0 Å². The van der Waals surface area contributed by atoms with Crippen LogP contribution >= 0.6 is 12.4 Å². The first-order valence-corrected chi connectivity index (χ1v) is 7.27. The smallest absolute Gasteiger partial charge is 0.161 e. The van der Waals surface area contributed by atoms with E-state index in [1.165, 1.54) is 16.7 Å². The van der Waals surface area contributed by atoms with Crippen molar-refractivity contribution in [1.29, 1.82) is 0 Å². The summed E-state index contributed by atoms with van der Waals surface area (Å²) in [7, 11) is 3.33. The van der Waals surface area contributed by atoms with Gasteiger partial charge in [0.2, 0.25) is 0 Å². The van der Waals surface area contributed by atoms with Gasteiger partial charge in [-0.2, -0.15) is 0 Å². The number of halogens is 1. The van der Waals surface area contributed by atoms with Gasteiger partial charge in [-0.05, 0) is 47.6 Å². The summed E-state index contributed by atoms with van der Waals surface area (Å²) >= 11 is 0. The summed E-state index contributed by atoms with van der Waals surface area (Å²) in [6, 6.07) is 14.7. The number of fused-ring (bicyclic) bond motifs is 1. The van der Waals surface area contributed by atoms with Gasteiger partial charge in [0.15, 0.2) is 11.5 Å². The fourth-order valence-electron chi connectivity index (χ4n) is 3.20. The molecule has 0 saturated carbocycles. The van der Waals surface area contributed by atoms with E-state index in [1.54, 1.807) is 14.2 Å². The van der Waals surface area contributed by atoms with Crippen molar-refractivity contribution < 1.29 is 9.47 Å². The molecule has 118 valence electrons. The highest BCUT2D eigenvalue weighted by Crippen LogP contribution is 2.42. The van der Waals surface area contributed by atoms with E-state index in [1.807, 2.05) is 12.1 Å². The Morgan fingerprint density at radius 1 is 1.05 bits per heavy atom. The summed E-state index contributed by atoms with van der Waals surface area (Å²) in [4.78, 5) is 0. The standard InChI is InChI=1S/C18H21NO2.ClH/c1-20-16-10-13-9-14(8-12-6-4-3-5-7-12)18(19)15(13)11-17(16)21-2;/h3-7,10-11,14,18H,8-9,19H2,1-2H3;1H. The van der Waals surface area contributed by atoms with Crippen LogP contribution < -0.4 is 15.2 Å². The maximum atomic E-state index is 6.46. The van der Waals surface area contributed by atoms with Gasteiger partial charge in [0.25, 0.3) is 0 Å². The third-order valence-electron chi connectivity index (χ3n) is 4.34. The molecule has 2 aromatic rings. The zero-order valence-electron chi connectivity index (χ0n) is 12.9. The Morgan fingerprint density at radius 2 is 1.68 bits per heavy atom. The quantitative estimate of drug-likeness (QED) is 0.937. The van der Waals surface area contributed by atoms with Gasteiger partial charge in [0.1, 0.15) is 0 Å². The number of benzene rings is 2. The predicted octanol–water partition coefficient (Wildman–Crippen LogP) is 3.54. The molecule has 1 aliphatic carbocycles. The van der Waals surface area contributed by atoms with E-state index in [2.05, 4.69) is 30.3 Å². The van der Waals surface area contributed by atoms with Crippen molar-refractivity contribution in [2.75, 3.05) is 14.2 Å². The minimum absolute atomic E-state index is 0. The van der Waals surface area contributed by atoms with Crippen LogP contribution in [0.5, 0.6) is 11.5 Å². The molecule has 0 aromatic heterocycles. The first-order chi connectivity index (χ1) is 10.2. The first kappa shape index (κ1) is 16.7. The second-order valence-electron chi connectivity index (χ2n) is 5.59. The Morgan fingerprint density at radius 3 is 2.32 bits per heavy atom. The molecule has 2 unspecified atom stereocenters. The SMILES string of the molecule is COc1cc2c(cc1OC)C(N)C(Cc1ccccc1)C2.Cl. The normalized spacial score (nSPS) is 19.2. The fourth-order valence-corrected chi connectivity index (χ4v) is 3.20. The average Bonchev–Trinajstić information content (AvgIpc) is 2.82. The molecule has 0 radical (unpaired) electrons. The highest BCUT2D eigenvalue weighted by Gasteiger charge is 2.31. The Labute approximate surface area is 137 Å². The highest BCUT2D eigenvalue weighted by molar-refractivity contribution is 5.85. The van der Waals surface area contributed by atoms with Gasteiger partial charge in [0, 0.05) is 6.04 Å². The summed E-state index contributed by atoms with van der Waals surface area (Å²) in [6.07, 6.45) is 1.99. The molecule has 1 aliphatic rings.